The molecule has 0 unspecified atom stereocenters. The molecule has 110 valence electrons. The van der Waals surface area contributed by atoms with Gasteiger partial charge in [-0.2, -0.15) is 0 Å². The zero-order chi connectivity index (χ0) is 15.6. The number of nitrogens with one attached hydrogen (secondary N) is 1. The van der Waals surface area contributed by atoms with Crippen LogP contribution >= 0.6 is 11.3 Å². The summed E-state index contributed by atoms with van der Waals surface area (Å²) in [5.74, 6) is -1.20. The molecule has 2 rings (SSSR count). The van der Waals surface area contributed by atoms with Gasteiger partial charge in [-0.25, -0.2) is 9.78 Å². The number of nitro benzene ring substituents is 1. The number of nitrogens with zero attached hydrogens (tertiary/aromatic N) is 2. The molecular weight excluding hydrogens is 294 g/mol. The van der Waals surface area contributed by atoms with Crippen LogP contribution in [0, 0.1) is 10.1 Å². The van der Waals surface area contributed by atoms with Crippen LogP contribution in [-0.4, -0.2) is 21.0 Å². The molecule has 1 aromatic heterocycles. The van der Waals surface area contributed by atoms with Crippen molar-refractivity contribution in [2.24, 2.45) is 0 Å². The van der Waals surface area contributed by atoms with Crippen LogP contribution in [0.25, 0.3) is 0 Å². The van der Waals surface area contributed by atoms with Gasteiger partial charge < -0.3 is 10.4 Å². The van der Waals surface area contributed by atoms with Crippen molar-refractivity contribution in [2.45, 2.75) is 19.4 Å². The lowest BCUT2D eigenvalue weighted by Crippen LogP contribution is -2.28. The first kappa shape index (κ1) is 14.9. The number of aromatic nitrogens is 1. The predicted octanol–water partition coefficient (Wildman–Crippen LogP) is 3.10. The largest absolute Gasteiger partial charge is 0.478 e. The summed E-state index contributed by atoms with van der Waals surface area (Å²) in [6.07, 6.45) is 1.66. The van der Waals surface area contributed by atoms with E-state index >= 15 is 0 Å². The van der Waals surface area contributed by atoms with Crippen LogP contribution in [0.5, 0.6) is 0 Å². The van der Waals surface area contributed by atoms with Crippen molar-refractivity contribution in [3.8, 4) is 0 Å². The molecule has 0 saturated carbocycles. The number of thiazole rings is 1. The molecule has 8 heteroatoms. The molecule has 1 aromatic carbocycles. The lowest BCUT2D eigenvalue weighted by Gasteiger charge is -2.25. The zero-order valence-corrected chi connectivity index (χ0v) is 12.2. The van der Waals surface area contributed by atoms with E-state index in [9.17, 15) is 14.9 Å². The van der Waals surface area contributed by atoms with Crippen molar-refractivity contribution in [3.63, 3.8) is 0 Å². The first-order valence-corrected chi connectivity index (χ1v) is 6.89. The van der Waals surface area contributed by atoms with Gasteiger partial charge in [0.2, 0.25) is 0 Å². The molecule has 0 aliphatic heterocycles. The summed E-state index contributed by atoms with van der Waals surface area (Å²) >= 11 is 1.43. The van der Waals surface area contributed by atoms with E-state index in [0.29, 0.717) is 0 Å². The topological polar surface area (TPSA) is 105 Å². The van der Waals surface area contributed by atoms with Gasteiger partial charge in [0.25, 0.3) is 5.69 Å². The number of benzene rings is 1. The van der Waals surface area contributed by atoms with Crippen LogP contribution < -0.4 is 5.32 Å². The van der Waals surface area contributed by atoms with Crippen molar-refractivity contribution >= 4 is 28.7 Å². The highest BCUT2D eigenvalue weighted by molar-refractivity contribution is 7.09. The van der Waals surface area contributed by atoms with Gasteiger partial charge in [0.05, 0.1) is 16.0 Å². The van der Waals surface area contributed by atoms with E-state index in [1.165, 1.54) is 23.5 Å². The normalized spacial score (nSPS) is 11.1. The van der Waals surface area contributed by atoms with E-state index < -0.39 is 16.4 Å². The fraction of sp³-hybridized carbons (Fsp3) is 0.231. The highest BCUT2D eigenvalue weighted by atomic mass is 32.1. The standard InChI is InChI=1S/C13H13N3O4S/c1-13(2,12-14-5-6-21-12)15-9-4-3-8(11(17)18)7-10(9)16(19)20/h3-7,15H,1-2H3,(H,17,18). The van der Waals surface area contributed by atoms with Gasteiger partial charge in [-0.3, -0.25) is 10.1 Å². The maximum atomic E-state index is 11.1. The molecule has 2 aromatic rings. The second-order valence-electron chi connectivity index (χ2n) is 4.88. The molecular formula is C13H13N3O4S. The number of aromatic carboxylic acids is 1. The Morgan fingerprint density at radius 3 is 2.71 bits per heavy atom. The molecule has 0 aliphatic carbocycles. The Balaban J connectivity index is 2.40. The van der Waals surface area contributed by atoms with Crippen LogP contribution in [-0.2, 0) is 5.54 Å². The molecule has 0 radical (unpaired) electrons. The second kappa shape index (κ2) is 5.49. The minimum atomic E-state index is -1.20. The highest BCUT2D eigenvalue weighted by Crippen LogP contribution is 2.32. The maximum absolute atomic E-state index is 11.1. The zero-order valence-electron chi connectivity index (χ0n) is 11.4. The molecule has 2 N–H and O–H groups in total. The smallest absolute Gasteiger partial charge is 0.335 e. The Morgan fingerprint density at radius 2 is 2.19 bits per heavy atom. The van der Waals surface area contributed by atoms with Gasteiger partial charge in [-0.05, 0) is 26.0 Å². The number of hydrogen-bond acceptors (Lipinski definition) is 6. The van der Waals surface area contributed by atoms with E-state index in [0.717, 1.165) is 11.1 Å². The molecule has 21 heavy (non-hydrogen) atoms. The highest BCUT2D eigenvalue weighted by Gasteiger charge is 2.27. The minimum absolute atomic E-state index is 0.126. The SMILES string of the molecule is CC(C)(Nc1ccc(C(=O)O)cc1[N+](=O)[O-])c1nccs1. The number of hydrogen-bond donors (Lipinski definition) is 2. The Hall–Kier alpha value is -2.48. The lowest BCUT2D eigenvalue weighted by molar-refractivity contribution is -0.384. The summed E-state index contributed by atoms with van der Waals surface area (Å²) in [6, 6.07) is 3.77. The van der Waals surface area contributed by atoms with Gasteiger partial charge in [0.15, 0.2) is 0 Å². The Labute approximate surface area is 124 Å². The first-order chi connectivity index (χ1) is 9.81. The average molecular weight is 307 g/mol. The van der Waals surface area contributed by atoms with Gasteiger partial charge in [-0.1, -0.05) is 0 Å². The van der Waals surface area contributed by atoms with Crippen molar-refractivity contribution in [1.82, 2.24) is 4.98 Å². The molecule has 0 atom stereocenters. The summed E-state index contributed by atoms with van der Waals surface area (Å²) in [5, 5.41) is 25.7. The molecule has 0 bridgehead atoms. The van der Waals surface area contributed by atoms with E-state index in [2.05, 4.69) is 10.3 Å². The predicted molar refractivity (Wildman–Crippen MR) is 78.8 cm³/mol. The van der Waals surface area contributed by atoms with Crippen molar-refractivity contribution in [1.29, 1.82) is 0 Å². The lowest BCUT2D eigenvalue weighted by atomic mass is 10.1. The van der Waals surface area contributed by atoms with Crippen LogP contribution in [0.1, 0.15) is 29.2 Å². The fourth-order valence-electron chi connectivity index (χ4n) is 1.84. The summed E-state index contributed by atoms with van der Waals surface area (Å²) < 4.78 is 0. The van der Waals surface area contributed by atoms with Gasteiger partial charge in [0.1, 0.15) is 10.7 Å². The molecule has 7 nitrogen and oxygen atoms in total. The molecule has 0 aliphatic rings. The molecule has 0 spiro atoms. The average Bonchev–Trinajstić information content (AvgIpc) is 2.92. The van der Waals surface area contributed by atoms with Gasteiger partial charge in [0, 0.05) is 17.6 Å². The quantitative estimate of drug-likeness (QED) is 0.649. The number of carboxylic acid groups (broad SMARTS) is 1. The third-order valence-corrected chi connectivity index (χ3v) is 3.95. The number of anilines is 1. The van der Waals surface area contributed by atoms with Gasteiger partial charge >= 0.3 is 5.97 Å². The first-order valence-electron chi connectivity index (χ1n) is 6.01. The van der Waals surface area contributed by atoms with Gasteiger partial charge in [-0.15, -0.1) is 11.3 Å². The van der Waals surface area contributed by atoms with Crippen LogP contribution in [0.2, 0.25) is 0 Å². The van der Waals surface area contributed by atoms with Crippen molar-refractivity contribution in [3.05, 3.63) is 50.5 Å². The Bertz CT molecular complexity index is 683. The molecule has 0 fully saturated rings. The summed E-state index contributed by atoms with van der Waals surface area (Å²) in [5.41, 5.74) is -0.757. The minimum Gasteiger partial charge on any atom is -0.478 e. The fourth-order valence-corrected chi connectivity index (χ4v) is 2.56. The van der Waals surface area contributed by atoms with Crippen LogP contribution in [0.3, 0.4) is 0 Å². The van der Waals surface area contributed by atoms with Crippen molar-refractivity contribution < 1.29 is 14.8 Å². The van der Waals surface area contributed by atoms with Crippen molar-refractivity contribution in [2.75, 3.05) is 5.32 Å². The Kier molecular flexibility index (Phi) is 3.90. The number of nitro groups is 1. The van der Waals surface area contributed by atoms with Crippen LogP contribution in [0.4, 0.5) is 11.4 Å². The Morgan fingerprint density at radius 1 is 1.48 bits per heavy atom. The molecule has 1 heterocycles. The molecule has 0 saturated heterocycles. The summed E-state index contributed by atoms with van der Waals surface area (Å²) in [7, 11) is 0. The number of rotatable bonds is 5. The summed E-state index contributed by atoms with van der Waals surface area (Å²) in [4.78, 5) is 25.6. The monoisotopic (exact) mass is 307 g/mol. The summed E-state index contributed by atoms with van der Waals surface area (Å²) in [6.45, 7) is 3.70. The van der Waals surface area contributed by atoms with E-state index in [1.807, 2.05) is 19.2 Å². The second-order valence-corrected chi connectivity index (χ2v) is 5.78. The van der Waals surface area contributed by atoms with Crippen LogP contribution in [0.15, 0.2) is 29.8 Å². The number of carbonyl (C=O) groups is 1. The number of carboxylic acids is 1. The molecule has 0 amide bonds. The third-order valence-electron chi connectivity index (χ3n) is 2.86. The van der Waals surface area contributed by atoms with E-state index in [-0.39, 0.29) is 16.9 Å². The maximum Gasteiger partial charge on any atom is 0.335 e. The van der Waals surface area contributed by atoms with E-state index in [1.54, 1.807) is 6.20 Å². The van der Waals surface area contributed by atoms with E-state index in [4.69, 9.17) is 5.11 Å². The third kappa shape index (κ3) is 3.16.